The number of amides is 2. The molecule has 0 aromatic carbocycles. The number of nitrogens with zero attached hydrogens (tertiary/aromatic N) is 1. The van der Waals surface area contributed by atoms with E-state index in [2.05, 4.69) is 15.6 Å². The van der Waals surface area contributed by atoms with Gasteiger partial charge in [-0.3, -0.25) is 5.32 Å². The van der Waals surface area contributed by atoms with Gasteiger partial charge in [-0.05, 0) is 25.7 Å². The van der Waals surface area contributed by atoms with E-state index in [-0.39, 0.29) is 6.03 Å². The second kappa shape index (κ2) is 5.97. The zero-order valence-electron chi connectivity index (χ0n) is 9.86. The molecule has 1 aromatic heterocycles. The fraction of sp³-hybridized carbons (Fsp3) is 0.636. The summed E-state index contributed by atoms with van der Waals surface area (Å²) < 4.78 is 5.27. The summed E-state index contributed by atoms with van der Waals surface area (Å²) in [7, 11) is 0. The van der Waals surface area contributed by atoms with Gasteiger partial charge < -0.3 is 10.1 Å². The second-order valence-corrected chi connectivity index (χ2v) is 5.04. The van der Waals surface area contributed by atoms with Gasteiger partial charge in [-0.25, -0.2) is 9.78 Å². The van der Waals surface area contributed by atoms with Crippen LogP contribution in [-0.2, 0) is 4.74 Å². The molecule has 0 bridgehead atoms. The molecule has 6 heteroatoms. The molecule has 1 aliphatic heterocycles. The molecule has 2 N–H and O–H groups in total. The van der Waals surface area contributed by atoms with E-state index in [1.54, 1.807) is 0 Å². The molecule has 0 atom stereocenters. The molecule has 5 nitrogen and oxygen atoms in total. The summed E-state index contributed by atoms with van der Waals surface area (Å²) in [5.41, 5.74) is 0.926. The van der Waals surface area contributed by atoms with Crippen LogP contribution in [0.3, 0.4) is 0 Å². The Balaban J connectivity index is 1.70. The molecule has 1 aliphatic rings. The largest absolute Gasteiger partial charge is 0.381 e. The van der Waals surface area contributed by atoms with Crippen LogP contribution in [-0.4, -0.2) is 30.8 Å². The number of rotatable bonds is 3. The van der Waals surface area contributed by atoms with E-state index < -0.39 is 0 Å². The highest BCUT2D eigenvalue weighted by atomic mass is 32.1. The zero-order valence-corrected chi connectivity index (χ0v) is 10.7. The number of urea groups is 1. The lowest BCUT2D eigenvalue weighted by Gasteiger charge is -2.22. The lowest BCUT2D eigenvalue weighted by molar-refractivity contribution is 0.0671. The fourth-order valence-electron chi connectivity index (χ4n) is 1.74. The number of nitrogens with one attached hydrogen (secondary N) is 2. The molecule has 1 saturated heterocycles. The Morgan fingerprint density at radius 3 is 3.00 bits per heavy atom. The van der Waals surface area contributed by atoms with E-state index in [0.29, 0.717) is 17.6 Å². The average Bonchev–Trinajstić information content (AvgIpc) is 2.73. The number of aryl methyl sites for hydroxylation is 1. The van der Waals surface area contributed by atoms with Gasteiger partial charge in [0.25, 0.3) is 0 Å². The lowest BCUT2D eigenvalue weighted by Crippen LogP contribution is -2.35. The highest BCUT2D eigenvalue weighted by Gasteiger charge is 2.14. The summed E-state index contributed by atoms with van der Waals surface area (Å²) in [6.45, 7) is 4.22. The molecule has 0 radical (unpaired) electrons. The number of thiazole rings is 1. The maximum absolute atomic E-state index is 11.6. The first kappa shape index (κ1) is 12.3. The van der Waals surface area contributed by atoms with Crippen LogP contribution in [0.4, 0.5) is 9.93 Å². The first-order valence-electron chi connectivity index (χ1n) is 5.79. The molecule has 0 saturated carbocycles. The Labute approximate surface area is 105 Å². The van der Waals surface area contributed by atoms with Crippen molar-refractivity contribution in [2.24, 2.45) is 5.92 Å². The summed E-state index contributed by atoms with van der Waals surface area (Å²) in [6, 6.07) is -0.175. The Kier molecular flexibility index (Phi) is 4.33. The zero-order chi connectivity index (χ0) is 12.1. The van der Waals surface area contributed by atoms with E-state index in [1.165, 1.54) is 11.3 Å². The van der Waals surface area contributed by atoms with Gasteiger partial charge in [0.15, 0.2) is 5.13 Å². The van der Waals surface area contributed by atoms with Gasteiger partial charge in [0.2, 0.25) is 0 Å². The summed E-state index contributed by atoms with van der Waals surface area (Å²) >= 11 is 1.44. The third-order valence-electron chi connectivity index (χ3n) is 2.73. The average molecular weight is 255 g/mol. The van der Waals surface area contributed by atoms with E-state index in [0.717, 1.165) is 31.7 Å². The summed E-state index contributed by atoms with van der Waals surface area (Å²) in [4.78, 5) is 15.7. The minimum atomic E-state index is -0.175. The third-order valence-corrected chi connectivity index (χ3v) is 3.61. The minimum Gasteiger partial charge on any atom is -0.381 e. The van der Waals surface area contributed by atoms with Crippen molar-refractivity contribution in [1.82, 2.24) is 10.3 Å². The fourth-order valence-corrected chi connectivity index (χ4v) is 2.42. The van der Waals surface area contributed by atoms with Crippen LogP contribution in [0, 0.1) is 12.8 Å². The SMILES string of the molecule is Cc1csc(NC(=O)NCC2CCOCC2)n1. The van der Waals surface area contributed by atoms with Gasteiger partial charge in [0, 0.05) is 25.1 Å². The number of hydrogen-bond acceptors (Lipinski definition) is 4. The topological polar surface area (TPSA) is 63.2 Å². The van der Waals surface area contributed by atoms with E-state index in [9.17, 15) is 4.79 Å². The van der Waals surface area contributed by atoms with Crippen LogP contribution in [0.2, 0.25) is 0 Å². The molecule has 2 heterocycles. The molecular formula is C11H17N3O2S. The molecule has 1 fully saturated rings. The van der Waals surface area contributed by atoms with E-state index in [4.69, 9.17) is 4.74 Å². The van der Waals surface area contributed by atoms with Crippen molar-refractivity contribution >= 4 is 22.5 Å². The number of ether oxygens (including phenoxy) is 1. The van der Waals surface area contributed by atoms with Gasteiger partial charge in [0.05, 0.1) is 5.69 Å². The van der Waals surface area contributed by atoms with Gasteiger partial charge in [0.1, 0.15) is 0 Å². The summed E-state index contributed by atoms with van der Waals surface area (Å²) in [6.07, 6.45) is 2.05. The van der Waals surface area contributed by atoms with Crippen molar-refractivity contribution in [3.05, 3.63) is 11.1 Å². The third kappa shape index (κ3) is 3.98. The molecule has 17 heavy (non-hydrogen) atoms. The lowest BCUT2D eigenvalue weighted by atomic mass is 10.0. The number of carbonyl (C=O) groups is 1. The molecule has 0 aliphatic carbocycles. The van der Waals surface area contributed by atoms with Gasteiger partial charge in [-0.2, -0.15) is 0 Å². The Hall–Kier alpha value is -1.14. The van der Waals surface area contributed by atoms with Crippen molar-refractivity contribution in [2.45, 2.75) is 19.8 Å². The number of hydrogen-bond donors (Lipinski definition) is 2. The number of anilines is 1. The minimum absolute atomic E-state index is 0.175. The number of aromatic nitrogens is 1. The molecular weight excluding hydrogens is 238 g/mol. The van der Waals surface area contributed by atoms with Crippen LogP contribution in [0.15, 0.2) is 5.38 Å². The Bertz CT molecular complexity index is 375. The standard InChI is InChI=1S/C11H17N3O2S/c1-8-7-17-11(13-8)14-10(15)12-6-9-2-4-16-5-3-9/h7,9H,2-6H2,1H3,(H2,12,13,14,15). The smallest absolute Gasteiger partial charge is 0.321 e. The van der Waals surface area contributed by atoms with Crippen molar-refractivity contribution in [3.63, 3.8) is 0 Å². The number of carbonyl (C=O) groups excluding carboxylic acids is 1. The van der Waals surface area contributed by atoms with Crippen molar-refractivity contribution in [1.29, 1.82) is 0 Å². The predicted molar refractivity (Wildman–Crippen MR) is 67.4 cm³/mol. The van der Waals surface area contributed by atoms with Crippen LogP contribution in [0.5, 0.6) is 0 Å². The van der Waals surface area contributed by atoms with Crippen molar-refractivity contribution < 1.29 is 9.53 Å². The first-order valence-corrected chi connectivity index (χ1v) is 6.67. The van der Waals surface area contributed by atoms with Gasteiger partial charge in [-0.15, -0.1) is 11.3 Å². The Morgan fingerprint density at radius 1 is 1.59 bits per heavy atom. The van der Waals surface area contributed by atoms with Crippen molar-refractivity contribution in [3.8, 4) is 0 Å². The van der Waals surface area contributed by atoms with Gasteiger partial charge in [-0.1, -0.05) is 0 Å². The molecule has 0 spiro atoms. The van der Waals surface area contributed by atoms with Gasteiger partial charge >= 0.3 is 6.03 Å². The van der Waals surface area contributed by atoms with Crippen LogP contribution in [0.25, 0.3) is 0 Å². The van der Waals surface area contributed by atoms with Crippen LogP contribution >= 0.6 is 11.3 Å². The predicted octanol–water partition coefficient (Wildman–Crippen LogP) is 2.00. The first-order chi connectivity index (χ1) is 8.24. The van der Waals surface area contributed by atoms with Crippen LogP contribution in [0.1, 0.15) is 18.5 Å². The quantitative estimate of drug-likeness (QED) is 0.868. The summed E-state index contributed by atoms with van der Waals surface area (Å²) in [5, 5.41) is 8.16. The van der Waals surface area contributed by atoms with E-state index in [1.807, 2.05) is 12.3 Å². The maximum atomic E-state index is 11.6. The van der Waals surface area contributed by atoms with Crippen LogP contribution < -0.4 is 10.6 Å². The normalized spacial score (nSPS) is 16.8. The molecule has 0 unspecified atom stereocenters. The highest BCUT2D eigenvalue weighted by Crippen LogP contribution is 2.15. The monoisotopic (exact) mass is 255 g/mol. The molecule has 94 valence electrons. The molecule has 2 amide bonds. The van der Waals surface area contributed by atoms with E-state index >= 15 is 0 Å². The highest BCUT2D eigenvalue weighted by molar-refractivity contribution is 7.13. The maximum Gasteiger partial charge on any atom is 0.321 e. The summed E-state index contributed by atoms with van der Waals surface area (Å²) in [5.74, 6) is 0.535. The second-order valence-electron chi connectivity index (χ2n) is 4.18. The Morgan fingerprint density at radius 2 is 2.35 bits per heavy atom. The van der Waals surface area contributed by atoms with Crippen molar-refractivity contribution in [2.75, 3.05) is 25.1 Å². The molecule has 1 aromatic rings. The molecule has 2 rings (SSSR count).